The van der Waals surface area contributed by atoms with Crippen molar-refractivity contribution >= 4 is 26.7 Å². The van der Waals surface area contributed by atoms with Crippen LogP contribution in [0.4, 0.5) is 10.2 Å². The third-order valence-corrected chi connectivity index (χ3v) is 6.49. The molecule has 1 aromatic heterocycles. The third-order valence-electron chi connectivity index (χ3n) is 5.21. The Morgan fingerprint density at radius 1 is 1.10 bits per heavy atom. The van der Waals surface area contributed by atoms with Crippen molar-refractivity contribution in [3.8, 4) is 11.1 Å². The van der Waals surface area contributed by atoms with Crippen LogP contribution in [-0.2, 0) is 16.6 Å². The van der Waals surface area contributed by atoms with Gasteiger partial charge in [0.2, 0.25) is 10.0 Å². The summed E-state index contributed by atoms with van der Waals surface area (Å²) in [6.07, 6.45) is 4.36. The summed E-state index contributed by atoms with van der Waals surface area (Å²) in [5.41, 5.74) is 2.71. The third kappa shape index (κ3) is 5.02. The van der Waals surface area contributed by atoms with Crippen LogP contribution in [0.25, 0.3) is 22.0 Å². The summed E-state index contributed by atoms with van der Waals surface area (Å²) in [5, 5.41) is 4.27. The summed E-state index contributed by atoms with van der Waals surface area (Å²) >= 11 is 0. The highest BCUT2D eigenvalue weighted by atomic mass is 32.2. The Kier molecular flexibility index (Phi) is 5.47. The van der Waals surface area contributed by atoms with Gasteiger partial charge in [0.1, 0.15) is 18.0 Å². The van der Waals surface area contributed by atoms with Crippen LogP contribution in [0.3, 0.4) is 0 Å². The Bertz CT molecular complexity index is 1230. The Morgan fingerprint density at radius 3 is 2.42 bits per heavy atom. The van der Waals surface area contributed by atoms with Crippen LogP contribution in [0.15, 0.2) is 42.7 Å². The van der Waals surface area contributed by atoms with Gasteiger partial charge in [0.25, 0.3) is 0 Å². The maximum absolute atomic E-state index is 14.6. The number of anilines is 1. The van der Waals surface area contributed by atoms with E-state index in [1.165, 1.54) is 23.0 Å². The average Bonchev–Trinajstić information content (AvgIpc) is 3.50. The standard InChI is InChI=1S/C23H27FN4O2S/c1-23(2,3)27-22-19-12-16(6-10-21(19)25-14-26-22)15-5-9-20(24)17(11-15)13-28(18-7-8-18)31(4,29)30/h5-6,9-12,14,18H,7-8,13H2,1-4H3,(H,25,26,27). The van der Waals surface area contributed by atoms with Gasteiger partial charge in [-0.05, 0) is 69.0 Å². The van der Waals surface area contributed by atoms with E-state index in [4.69, 9.17) is 0 Å². The fourth-order valence-electron chi connectivity index (χ4n) is 3.61. The molecular formula is C23H27FN4O2S. The number of fused-ring (bicyclic) bond motifs is 1. The summed E-state index contributed by atoms with van der Waals surface area (Å²) < 4.78 is 40.3. The van der Waals surface area contributed by atoms with Gasteiger partial charge in [-0.1, -0.05) is 12.1 Å². The minimum atomic E-state index is -3.40. The number of hydrogen-bond acceptors (Lipinski definition) is 5. The Labute approximate surface area is 182 Å². The molecule has 1 heterocycles. The Balaban J connectivity index is 1.73. The molecule has 1 saturated carbocycles. The summed E-state index contributed by atoms with van der Waals surface area (Å²) in [6, 6.07) is 10.6. The number of sulfonamides is 1. The van der Waals surface area contributed by atoms with Gasteiger partial charge in [0, 0.05) is 29.1 Å². The number of nitrogens with zero attached hydrogens (tertiary/aromatic N) is 3. The van der Waals surface area contributed by atoms with Crippen molar-refractivity contribution in [1.29, 1.82) is 0 Å². The lowest BCUT2D eigenvalue weighted by Gasteiger charge is -2.22. The quantitative estimate of drug-likeness (QED) is 0.605. The van der Waals surface area contributed by atoms with E-state index in [2.05, 4.69) is 36.1 Å². The molecule has 0 atom stereocenters. The highest BCUT2D eigenvalue weighted by Crippen LogP contribution is 2.33. The van der Waals surface area contributed by atoms with E-state index in [1.807, 2.05) is 18.2 Å². The van der Waals surface area contributed by atoms with E-state index >= 15 is 0 Å². The van der Waals surface area contributed by atoms with Gasteiger partial charge in [0.05, 0.1) is 11.8 Å². The van der Waals surface area contributed by atoms with Crippen molar-refractivity contribution in [1.82, 2.24) is 14.3 Å². The molecule has 1 fully saturated rings. The molecule has 0 aliphatic heterocycles. The van der Waals surface area contributed by atoms with Crippen LogP contribution in [0.1, 0.15) is 39.2 Å². The highest BCUT2D eigenvalue weighted by molar-refractivity contribution is 7.88. The van der Waals surface area contributed by atoms with Crippen LogP contribution >= 0.6 is 0 Å². The molecule has 0 unspecified atom stereocenters. The number of nitrogens with one attached hydrogen (secondary N) is 1. The van der Waals surface area contributed by atoms with E-state index in [-0.39, 0.29) is 18.1 Å². The van der Waals surface area contributed by atoms with Gasteiger partial charge in [-0.3, -0.25) is 0 Å². The van der Waals surface area contributed by atoms with Crippen LogP contribution in [0, 0.1) is 5.82 Å². The number of benzene rings is 2. The summed E-state index contributed by atoms with van der Waals surface area (Å²) in [5.74, 6) is 0.330. The molecule has 0 spiro atoms. The fourth-order valence-corrected chi connectivity index (χ4v) is 4.74. The van der Waals surface area contributed by atoms with Gasteiger partial charge < -0.3 is 5.32 Å². The van der Waals surface area contributed by atoms with Gasteiger partial charge >= 0.3 is 0 Å². The molecule has 0 amide bonds. The Hall–Kier alpha value is -2.58. The number of hydrogen-bond donors (Lipinski definition) is 1. The molecule has 6 nitrogen and oxygen atoms in total. The van der Waals surface area contributed by atoms with Crippen molar-refractivity contribution in [2.24, 2.45) is 0 Å². The van der Waals surface area contributed by atoms with E-state index in [0.717, 1.165) is 40.7 Å². The van der Waals surface area contributed by atoms with Crippen LogP contribution < -0.4 is 5.32 Å². The molecule has 31 heavy (non-hydrogen) atoms. The number of aromatic nitrogens is 2. The van der Waals surface area contributed by atoms with Crippen molar-refractivity contribution in [3.63, 3.8) is 0 Å². The largest absolute Gasteiger partial charge is 0.365 e. The second kappa shape index (κ2) is 7.84. The van der Waals surface area contributed by atoms with Crippen molar-refractivity contribution in [3.05, 3.63) is 54.1 Å². The molecule has 2 aromatic carbocycles. The first-order valence-corrected chi connectivity index (χ1v) is 12.1. The minimum Gasteiger partial charge on any atom is -0.365 e. The molecule has 1 aliphatic rings. The number of rotatable bonds is 6. The molecule has 0 saturated heterocycles. The summed E-state index contributed by atoms with van der Waals surface area (Å²) in [7, 11) is -3.40. The average molecular weight is 443 g/mol. The lowest BCUT2D eigenvalue weighted by molar-refractivity contribution is 0.395. The normalized spacial score (nSPS) is 14.9. The van der Waals surface area contributed by atoms with Crippen LogP contribution in [0.2, 0.25) is 0 Å². The smallest absolute Gasteiger partial charge is 0.211 e. The topological polar surface area (TPSA) is 75.2 Å². The lowest BCUT2D eigenvalue weighted by Crippen LogP contribution is -2.31. The van der Waals surface area contributed by atoms with Gasteiger partial charge in [-0.25, -0.2) is 22.8 Å². The summed E-state index contributed by atoms with van der Waals surface area (Å²) in [4.78, 5) is 8.74. The second-order valence-electron chi connectivity index (χ2n) is 9.17. The van der Waals surface area contributed by atoms with Crippen LogP contribution in [0.5, 0.6) is 0 Å². The molecule has 164 valence electrons. The highest BCUT2D eigenvalue weighted by Gasteiger charge is 2.35. The maximum Gasteiger partial charge on any atom is 0.211 e. The first-order chi connectivity index (χ1) is 14.5. The van der Waals surface area contributed by atoms with Gasteiger partial charge in [-0.15, -0.1) is 0 Å². The summed E-state index contributed by atoms with van der Waals surface area (Å²) in [6.45, 7) is 6.22. The fraction of sp³-hybridized carbons (Fsp3) is 0.391. The molecule has 0 bridgehead atoms. The predicted octanol–water partition coefficient (Wildman–Crippen LogP) is 4.57. The SMILES string of the molecule is CC(C)(C)Nc1ncnc2ccc(-c3ccc(F)c(CN(C4CC4)S(C)(=O)=O)c3)cc12. The van der Waals surface area contributed by atoms with Crippen molar-refractivity contribution in [2.45, 2.75) is 51.7 Å². The van der Waals surface area contributed by atoms with Gasteiger partial charge in [-0.2, -0.15) is 4.31 Å². The zero-order valence-electron chi connectivity index (χ0n) is 18.2. The first-order valence-electron chi connectivity index (χ1n) is 10.3. The molecule has 1 N–H and O–H groups in total. The molecule has 3 aromatic rings. The van der Waals surface area contributed by atoms with E-state index in [1.54, 1.807) is 12.1 Å². The van der Waals surface area contributed by atoms with Gasteiger partial charge in [0.15, 0.2) is 0 Å². The monoisotopic (exact) mass is 442 g/mol. The van der Waals surface area contributed by atoms with Crippen molar-refractivity contribution < 1.29 is 12.8 Å². The minimum absolute atomic E-state index is 0.0260. The first kappa shape index (κ1) is 21.6. The predicted molar refractivity (Wildman–Crippen MR) is 122 cm³/mol. The Morgan fingerprint density at radius 2 is 1.77 bits per heavy atom. The zero-order valence-corrected chi connectivity index (χ0v) is 19.0. The molecule has 4 rings (SSSR count). The van der Waals surface area contributed by atoms with E-state index in [0.29, 0.717) is 5.56 Å². The molecular weight excluding hydrogens is 415 g/mol. The molecule has 0 radical (unpaired) electrons. The maximum atomic E-state index is 14.6. The van der Waals surface area contributed by atoms with Crippen molar-refractivity contribution in [2.75, 3.05) is 11.6 Å². The second-order valence-corrected chi connectivity index (χ2v) is 11.1. The van der Waals surface area contributed by atoms with Crippen LogP contribution in [-0.4, -0.2) is 40.5 Å². The lowest BCUT2D eigenvalue weighted by atomic mass is 10.0. The number of halogens is 1. The van der Waals surface area contributed by atoms with E-state index in [9.17, 15) is 12.8 Å². The van der Waals surface area contributed by atoms with E-state index < -0.39 is 15.8 Å². The molecule has 8 heteroatoms. The molecule has 1 aliphatic carbocycles. The zero-order chi connectivity index (χ0) is 22.4.